The third-order valence-electron chi connectivity index (χ3n) is 4.42. The largest absolute Gasteiger partial charge is 0.316 e. The molecule has 0 spiro atoms. The normalized spacial score (nSPS) is 19.0. The van der Waals surface area contributed by atoms with Crippen LogP contribution in [0.5, 0.6) is 0 Å². The second-order valence-corrected chi connectivity index (χ2v) is 5.93. The smallest absolute Gasteiger partial charge is 0.0237 e. The maximum absolute atomic E-state index is 3.27. The predicted molar refractivity (Wildman–Crippen MR) is 88.3 cm³/mol. The first-order chi connectivity index (χ1) is 10.4. The van der Waals surface area contributed by atoms with Crippen molar-refractivity contribution < 1.29 is 0 Å². The summed E-state index contributed by atoms with van der Waals surface area (Å²) in [5.41, 5.74) is 4.37. The van der Waals surface area contributed by atoms with Crippen LogP contribution in [0.4, 0.5) is 0 Å². The van der Waals surface area contributed by atoms with Crippen LogP contribution in [-0.2, 0) is 13.1 Å². The number of hydrogen-bond acceptors (Lipinski definition) is 2. The molecule has 0 amide bonds. The Morgan fingerprint density at radius 3 is 2.48 bits per heavy atom. The second-order valence-electron chi connectivity index (χ2n) is 5.93. The van der Waals surface area contributed by atoms with Crippen LogP contribution in [0.15, 0.2) is 54.6 Å². The highest BCUT2D eigenvalue weighted by atomic mass is 15.1. The van der Waals surface area contributed by atoms with E-state index in [9.17, 15) is 0 Å². The molecule has 2 heteroatoms. The number of benzene rings is 2. The molecule has 0 aliphatic carbocycles. The first-order valence-corrected chi connectivity index (χ1v) is 7.85. The van der Waals surface area contributed by atoms with Gasteiger partial charge < -0.3 is 5.32 Å². The summed E-state index contributed by atoms with van der Waals surface area (Å²) in [6.45, 7) is 4.40. The van der Waals surface area contributed by atoms with Crippen LogP contribution < -0.4 is 5.32 Å². The summed E-state index contributed by atoms with van der Waals surface area (Å²) in [7, 11) is 2.01. The molecule has 0 aromatic heterocycles. The fourth-order valence-corrected chi connectivity index (χ4v) is 3.29. The molecule has 3 rings (SSSR count). The van der Waals surface area contributed by atoms with Gasteiger partial charge in [0.1, 0.15) is 0 Å². The van der Waals surface area contributed by atoms with Crippen LogP contribution >= 0.6 is 0 Å². The lowest BCUT2D eigenvalue weighted by atomic mass is 9.99. The van der Waals surface area contributed by atoms with Crippen molar-refractivity contribution in [3.63, 3.8) is 0 Å². The third-order valence-corrected chi connectivity index (χ3v) is 4.42. The molecule has 1 heterocycles. The van der Waals surface area contributed by atoms with Crippen molar-refractivity contribution >= 4 is 0 Å². The summed E-state index contributed by atoms with van der Waals surface area (Å²) in [5.74, 6) is 0.697. The minimum atomic E-state index is 0.697. The van der Waals surface area contributed by atoms with Gasteiger partial charge in [0.15, 0.2) is 0 Å². The van der Waals surface area contributed by atoms with Gasteiger partial charge in [0, 0.05) is 19.6 Å². The molecule has 1 fully saturated rings. The summed E-state index contributed by atoms with van der Waals surface area (Å²) in [6, 6.07) is 19.7. The minimum Gasteiger partial charge on any atom is -0.316 e. The van der Waals surface area contributed by atoms with Crippen molar-refractivity contribution in [3.05, 3.63) is 71.3 Å². The maximum Gasteiger partial charge on any atom is 0.0237 e. The Morgan fingerprint density at radius 2 is 1.71 bits per heavy atom. The van der Waals surface area contributed by atoms with Gasteiger partial charge in [-0.2, -0.15) is 0 Å². The quantitative estimate of drug-likeness (QED) is 0.903. The number of likely N-dealkylation sites (tertiary alicyclic amines) is 1. The Kier molecular flexibility index (Phi) is 4.69. The third kappa shape index (κ3) is 3.52. The van der Waals surface area contributed by atoms with Crippen LogP contribution in [0.25, 0.3) is 0 Å². The molecule has 1 unspecified atom stereocenters. The van der Waals surface area contributed by atoms with Crippen LogP contribution in [-0.4, -0.2) is 25.0 Å². The Balaban J connectivity index is 1.65. The average Bonchev–Trinajstić information content (AvgIpc) is 2.99. The molecule has 110 valence electrons. The van der Waals surface area contributed by atoms with Gasteiger partial charge in [-0.05, 0) is 42.6 Å². The summed E-state index contributed by atoms with van der Waals surface area (Å²) >= 11 is 0. The molecule has 21 heavy (non-hydrogen) atoms. The fourth-order valence-electron chi connectivity index (χ4n) is 3.29. The zero-order chi connectivity index (χ0) is 14.5. The number of nitrogens with zero attached hydrogens (tertiary/aromatic N) is 1. The highest BCUT2D eigenvalue weighted by Crippen LogP contribution is 2.28. The zero-order valence-electron chi connectivity index (χ0n) is 12.8. The standard InChI is InChI=1S/C19H24N2/c1-20-13-17-9-5-6-10-18(17)14-21-12-11-19(15-21)16-7-3-2-4-8-16/h2-10,19-20H,11-15H2,1H3. The van der Waals surface area contributed by atoms with Gasteiger partial charge in [-0.1, -0.05) is 54.6 Å². The molecule has 1 aliphatic rings. The van der Waals surface area contributed by atoms with Crippen LogP contribution in [0.3, 0.4) is 0 Å². The van der Waals surface area contributed by atoms with Crippen molar-refractivity contribution in [2.24, 2.45) is 0 Å². The summed E-state index contributed by atoms with van der Waals surface area (Å²) in [5, 5.41) is 3.27. The second kappa shape index (κ2) is 6.88. The van der Waals surface area contributed by atoms with E-state index in [2.05, 4.69) is 64.8 Å². The van der Waals surface area contributed by atoms with Crippen molar-refractivity contribution in [3.8, 4) is 0 Å². The summed E-state index contributed by atoms with van der Waals surface area (Å²) in [6.07, 6.45) is 1.28. The van der Waals surface area contributed by atoms with E-state index in [1.165, 1.54) is 36.2 Å². The van der Waals surface area contributed by atoms with Crippen molar-refractivity contribution in [2.45, 2.75) is 25.4 Å². The SMILES string of the molecule is CNCc1ccccc1CN1CCC(c2ccccc2)C1. The highest BCUT2D eigenvalue weighted by Gasteiger charge is 2.23. The minimum absolute atomic E-state index is 0.697. The van der Waals surface area contributed by atoms with Gasteiger partial charge in [0.05, 0.1) is 0 Å². The van der Waals surface area contributed by atoms with Gasteiger partial charge in [0.2, 0.25) is 0 Å². The molecule has 1 N–H and O–H groups in total. The average molecular weight is 280 g/mol. The van der Waals surface area contributed by atoms with E-state index in [1.54, 1.807) is 0 Å². The molecule has 0 bridgehead atoms. The Labute approximate surface area is 127 Å². The monoisotopic (exact) mass is 280 g/mol. The lowest BCUT2D eigenvalue weighted by Crippen LogP contribution is -2.21. The highest BCUT2D eigenvalue weighted by molar-refractivity contribution is 5.27. The molecule has 2 aromatic carbocycles. The van der Waals surface area contributed by atoms with E-state index in [0.29, 0.717) is 5.92 Å². The van der Waals surface area contributed by atoms with Crippen molar-refractivity contribution in [2.75, 3.05) is 20.1 Å². The number of rotatable bonds is 5. The number of nitrogens with one attached hydrogen (secondary N) is 1. The van der Waals surface area contributed by atoms with E-state index in [4.69, 9.17) is 0 Å². The van der Waals surface area contributed by atoms with Crippen LogP contribution in [0.1, 0.15) is 29.0 Å². The van der Waals surface area contributed by atoms with Gasteiger partial charge in [0.25, 0.3) is 0 Å². The summed E-state index contributed by atoms with van der Waals surface area (Å²) in [4.78, 5) is 2.59. The molecule has 1 saturated heterocycles. The topological polar surface area (TPSA) is 15.3 Å². The van der Waals surface area contributed by atoms with Gasteiger partial charge in [-0.25, -0.2) is 0 Å². The van der Waals surface area contributed by atoms with Crippen molar-refractivity contribution in [1.82, 2.24) is 10.2 Å². The van der Waals surface area contributed by atoms with Crippen molar-refractivity contribution in [1.29, 1.82) is 0 Å². The van der Waals surface area contributed by atoms with E-state index >= 15 is 0 Å². The first-order valence-electron chi connectivity index (χ1n) is 7.85. The Morgan fingerprint density at radius 1 is 1.00 bits per heavy atom. The molecule has 2 nitrogen and oxygen atoms in total. The van der Waals surface area contributed by atoms with E-state index in [-0.39, 0.29) is 0 Å². The van der Waals surface area contributed by atoms with Gasteiger partial charge >= 0.3 is 0 Å². The molecule has 1 atom stereocenters. The maximum atomic E-state index is 3.27. The summed E-state index contributed by atoms with van der Waals surface area (Å²) < 4.78 is 0. The van der Waals surface area contributed by atoms with Gasteiger partial charge in [-0.15, -0.1) is 0 Å². The van der Waals surface area contributed by atoms with E-state index in [0.717, 1.165) is 13.1 Å². The Hall–Kier alpha value is -1.64. The first kappa shape index (κ1) is 14.3. The fraction of sp³-hybridized carbons (Fsp3) is 0.368. The van der Waals surface area contributed by atoms with Crippen LogP contribution in [0.2, 0.25) is 0 Å². The molecule has 0 saturated carbocycles. The van der Waals surface area contributed by atoms with Gasteiger partial charge in [-0.3, -0.25) is 4.90 Å². The molecule has 2 aromatic rings. The molecular formula is C19H24N2. The van der Waals surface area contributed by atoms with Crippen LogP contribution in [0, 0.1) is 0 Å². The van der Waals surface area contributed by atoms with E-state index in [1.807, 2.05) is 7.05 Å². The predicted octanol–water partition coefficient (Wildman–Crippen LogP) is 3.40. The van der Waals surface area contributed by atoms with E-state index < -0.39 is 0 Å². The Bertz CT molecular complexity index is 565. The molecule has 0 radical (unpaired) electrons. The molecular weight excluding hydrogens is 256 g/mol. The lowest BCUT2D eigenvalue weighted by Gasteiger charge is -2.18. The zero-order valence-corrected chi connectivity index (χ0v) is 12.8. The molecule has 1 aliphatic heterocycles. The lowest BCUT2D eigenvalue weighted by molar-refractivity contribution is 0.325. The number of hydrogen-bond donors (Lipinski definition) is 1.